The molecule has 0 bridgehead atoms. The van der Waals surface area contributed by atoms with E-state index in [9.17, 15) is 9.90 Å². The first kappa shape index (κ1) is 14.1. The monoisotopic (exact) mass is 278 g/mol. The summed E-state index contributed by atoms with van der Waals surface area (Å²) in [6.07, 6.45) is 4.15. The molecule has 0 saturated carbocycles. The second-order valence-corrected chi connectivity index (χ2v) is 4.55. The molecule has 0 aliphatic carbocycles. The lowest BCUT2D eigenvalue weighted by atomic mass is 10.2. The van der Waals surface area contributed by atoms with Gasteiger partial charge in [-0.05, 0) is 19.1 Å². The van der Waals surface area contributed by atoms with Crippen LogP contribution in [0, 0.1) is 0 Å². The number of urea groups is 1. The summed E-state index contributed by atoms with van der Waals surface area (Å²) < 4.78 is 6.72. The summed E-state index contributed by atoms with van der Waals surface area (Å²) in [5.41, 5.74) is 0.911. The zero-order chi connectivity index (χ0) is 14.5. The fourth-order valence-electron chi connectivity index (χ4n) is 1.77. The predicted octanol–water partition coefficient (Wildman–Crippen LogP) is 1.11. The number of carbonyl (C=O) groups is 1. The van der Waals surface area contributed by atoms with E-state index >= 15 is 0 Å². The third-order valence-electron chi connectivity index (χ3n) is 2.90. The van der Waals surface area contributed by atoms with Gasteiger partial charge in [-0.15, -0.1) is 0 Å². The average Bonchev–Trinajstić information content (AvgIpc) is 3.06. The Balaban J connectivity index is 1.78. The van der Waals surface area contributed by atoms with Crippen molar-refractivity contribution in [2.45, 2.75) is 19.1 Å². The molecular weight excluding hydrogens is 260 g/mol. The van der Waals surface area contributed by atoms with E-state index in [2.05, 4.69) is 15.7 Å². The van der Waals surface area contributed by atoms with Gasteiger partial charge in [0.05, 0.1) is 25.0 Å². The van der Waals surface area contributed by atoms with Gasteiger partial charge in [0.15, 0.2) is 0 Å². The molecule has 0 aliphatic heterocycles. The smallest absolute Gasteiger partial charge is 0.315 e. The molecule has 2 aromatic rings. The van der Waals surface area contributed by atoms with Crippen molar-refractivity contribution in [3.8, 4) is 0 Å². The number of aromatic nitrogens is 2. The number of aliphatic hydroxyl groups is 1. The van der Waals surface area contributed by atoms with Crippen molar-refractivity contribution in [2.24, 2.45) is 7.05 Å². The Hall–Kier alpha value is -2.28. The van der Waals surface area contributed by atoms with Crippen LogP contribution in [0.1, 0.15) is 30.4 Å². The molecule has 7 nitrogen and oxygen atoms in total. The van der Waals surface area contributed by atoms with Crippen molar-refractivity contribution in [3.05, 3.63) is 42.1 Å². The van der Waals surface area contributed by atoms with Gasteiger partial charge < -0.3 is 20.2 Å². The lowest BCUT2D eigenvalue weighted by Gasteiger charge is -2.14. The number of hydrogen-bond donors (Lipinski definition) is 3. The molecule has 2 aromatic heterocycles. The SMILES string of the molecule is CC(NC(=O)NCC(O)c1ccco1)c1cnn(C)c1. The maximum atomic E-state index is 11.7. The van der Waals surface area contributed by atoms with E-state index in [1.807, 2.05) is 20.2 Å². The lowest BCUT2D eigenvalue weighted by Crippen LogP contribution is -2.38. The van der Waals surface area contributed by atoms with Crippen LogP contribution in [0.5, 0.6) is 0 Å². The Labute approximate surface area is 116 Å². The molecular formula is C13H18N4O3. The maximum Gasteiger partial charge on any atom is 0.315 e. The van der Waals surface area contributed by atoms with Gasteiger partial charge >= 0.3 is 6.03 Å². The van der Waals surface area contributed by atoms with Crippen LogP contribution in [-0.2, 0) is 7.05 Å². The Morgan fingerprint density at radius 2 is 2.40 bits per heavy atom. The van der Waals surface area contributed by atoms with Crippen LogP contribution in [0.25, 0.3) is 0 Å². The molecule has 2 amide bonds. The van der Waals surface area contributed by atoms with Crippen LogP contribution in [0.2, 0.25) is 0 Å². The average molecular weight is 278 g/mol. The number of rotatable bonds is 5. The molecule has 3 N–H and O–H groups in total. The highest BCUT2D eigenvalue weighted by atomic mass is 16.4. The number of nitrogens with one attached hydrogen (secondary N) is 2. The maximum absolute atomic E-state index is 11.7. The topological polar surface area (TPSA) is 92.3 Å². The second-order valence-electron chi connectivity index (χ2n) is 4.55. The zero-order valence-corrected chi connectivity index (χ0v) is 11.4. The standard InChI is InChI=1S/C13H18N4O3/c1-9(10-6-15-17(2)8-10)16-13(19)14-7-11(18)12-4-3-5-20-12/h3-6,8-9,11,18H,7H2,1-2H3,(H2,14,16,19). The quantitative estimate of drug-likeness (QED) is 0.763. The molecule has 0 radical (unpaired) electrons. The summed E-state index contributed by atoms with van der Waals surface area (Å²) in [6.45, 7) is 1.94. The molecule has 0 fully saturated rings. The van der Waals surface area contributed by atoms with Gasteiger partial charge in [0.2, 0.25) is 0 Å². The summed E-state index contributed by atoms with van der Waals surface area (Å²) in [7, 11) is 1.82. The van der Waals surface area contributed by atoms with Gasteiger partial charge in [-0.1, -0.05) is 0 Å². The van der Waals surface area contributed by atoms with Gasteiger partial charge in [-0.3, -0.25) is 4.68 Å². The molecule has 7 heteroatoms. The fraction of sp³-hybridized carbons (Fsp3) is 0.385. The van der Waals surface area contributed by atoms with E-state index in [1.54, 1.807) is 23.0 Å². The van der Waals surface area contributed by atoms with Crippen LogP contribution in [-0.4, -0.2) is 27.5 Å². The van der Waals surface area contributed by atoms with Crippen LogP contribution < -0.4 is 10.6 Å². The van der Waals surface area contributed by atoms with E-state index in [1.165, 1.54) is 6.26 Å². The fourth-order valence-corrected chi connectivity index (χ4v) is 1.77. The summed E-state index contributed by atoms with van der Waals surface area (Å²) >= 11 is 0. The first-order chi connectivity index (χ1) is 9.56. The molecule has 0 spiro atoms. The van der Waals surface area contributed by atoms with Crippen molar-refractivity contribution in [3.63, 3.8) is 0 Å². The van der Waals surface area contributed by atoms with Crippen LogP contribution in [0.4, 0.5) is 4.79 Å². The number of amides is 2. The summed E-state index contributed by atoms with van der Waals surface area (Å²) in [6, 6.07) is 2.82. The highest BCUT2D eigenvalue weighted by molar-refractivity contribution is 5.74. The number of nitrogens with zero attached hydrogens (tertiary/aromatic N) is 2. The van der Waals surface area contributed by atoms with Gasteiger partial charge in [0.1, 0.15) is 11.9 Å². The van der Waals surface area contributed by atoms with Crippen molar-refractivity contribution < 1.29 is 14.3 Å². The second kappa shape index (κ2) is 6.25. The molecule has 20 heavy (non-hydrogen) atoms. The lowest BCUT2D eigenvalue weighted by molar-refractivity contribution is 0.147. The van der Waals surface area contributed by atoms with E-state index in [-0.39, 0.29) is 18.6 Å². The largest absolute Gasteiger partial charge is 0.467 e. The van der Waals surface area contributed by atoms with Gasteiger partial charge in [-0.25, -0.2) is 4.79 Å². The molecule has 2 atom stereocenters. The molecule has 0 saturated heterocycles. The Kier molecular flexibility index (Phi) is 4.41. The number of furan rings is 1. The third kappa shape index (κ3) is 3.61. The normalized spacial score (nSPS) is 13.8. The van der Waals surface area contributed by atoms with E-state index in [0.29, 0.717) is 5.76 Å². The Bertz CT molecular complexity index is 550. The van der Waals surface area contributed by atoms with Crippen molar-refractivity contribution >= 4 is 6.03 Å². The number of aryl methyl sites for hydroxylation is 1. The highest BCUT2D eigenvalue weighted by Gasteiger charge is 2.14. The molecule has 108 valence electrons. The van der Waals surface area contributed by atoms with Crippen LogP contribution in [0.3, 0.4) is 0 Å². The predicted molar refractivity (Wildman–Crippen MR) is 71.8 cm³/mol. The number of aliphatic hydroxyl groups excluding tert-OH is 1. The van der Waals surface area contributed by atoms with Gasteiger partial charge in [0, 0.05) is 18.8 Å². The molecule has 2 heterocycles. The summed E-state index contributed by atoms with van der Waals surface area (Å²) in [5, 5.41) is 19.2. The molecule has 0 aromatic carbocycles. The zero-order valence-electron chi connectivity index (χ0n) is 11.4. The molecule has 2 unspecified atom stereocenters. The number of hydrogen-bond acceptors (Lipinski definition) is 4. The van der Waals surface area contributed by atoms with E-state index in [4.69, 9.17) is 4.42 Å². The molecule has 2 rings (SSSR count). The van der Waals surface area contributed by atoms with Crippen LogP contribution >= 0.6 is 0 Å². The third-order valence-corrected chi connectivity index (χ3v) is 2.90. The summed E-state index contributed by atoms with van der Waals surface area (Å²) in [4.78, 5) is 11.7. The Morgan fingerprint density at radius 1 is 1.60 bits per heavy atom. The minimum Gasteiger partial charge on any atom is -0.467 e. The molecule has 0 aliphatic rings. The van der Waals surface area contributed by atoms with Gasteiger partial charge in [-0.2, -0.15) is 5.10 Å². The first-order valence-corrected chi connectivity index (χ1v) is 6.30. The first-order valence-electron chi connectivity index (χ1n) is 6.30. The summed E-state index contributed by atoms with van der Waals surface area (Å²) in [5.74, 6) is 0.422. The van der Waals surface area contributed by atoms with Crippen molar-refractivity contribution in [2.75, 3.05) is 6.54 Å². The van der Waals surface area contributed by atoms with Gasteiger partial charge in [0.25, 0.3) is 0 Å². The number of carbonyl (C=O) groups excluding carboxylic acids is 1. The van der Waals surface area contributed by atoms with E-state index in [0.717, 1.165) is 5.56 Å². The van der Waals surface area contributed by atoms with Crippen LogP contribution in [0.15, 0.2) is 35.2 Å². The highest BCUT2D eigenvalue weighted by Crippen LogP contribution is 2.12. The van der Waals surface area contributed by atoms with E-state index < -0.39 is 6.10 Å². The Morgan fingerprint density at radius 3 is 3.00 bits per heavy atom. The minimum absolute atomic E-state index is 0.0824. The van der Waals surface area contributed by atoms with Crippen molar-refractivity contribution in [1.82, 2.24) is 20.4 Å². The van der Waals surface area contributed by atoms with Crippen molar-refractivity contribution in [1.29, 1.82) is 0 Å². The minimum atomic E-state index is -0.857.